The average molecular weight is 655 g/mol. The SMILES string of the molecule is CCOC(=O)C1=C(C)n2c(s/c(=C\c3ccc(Cl)cc3Cl)c2=O)=N[C@@H]1c1cc(OC)c(OCc2ccccc2)cc1[N+](=O)[O-]. The van der Waals surface area contributed by atoms with E-state index in [0.717, 1.165) is 16.9 Å². The van der Waals surface area contributed by atoms with E-state index in [4.69, 9.17) is 42.4 Å². The largest absolute Gasteiger partial charge is 0.493 e. The Labute approximate surface area is 265 Å². The maximum atomic E-state index is 13.6. The third-order valence-electron chi connectivity index (χ3n) is 6.83. The topological polar surface area (TPSA) is 122 Å². The highest BCUT2D eigenvalue weighted by atomic mass is 35.5. The summed E-state index contributed by atoms with van der Waals surface area (Å²) in [6, 6.07) is 15.7. The standard InChI is InChI=1S/C31H25Cl2N3O7S/c1-4-42-30(38)27-17(2)35-29(37)26(12-19-10-11-20(32)13-22(19)33)44-31(35)34-28(27)21-14-24(41-3)25(15-23(21)36(39)40)43-16-18-8-6-5-7-9-18/h5-15,28H,4,16H2,1-3H3/b26-12-/t28-/m1/s1. The lowest BCUT2D eigenvalue weighted by molar-refractivity contribution is -0.385. The van der Waals surface area contributed by atoms with Gasteiger partial charge in [0.05, 0.1) is 40.4 Å². The molecule has 0 N–H and O–H groups in total. The summed E-state index contributed by atoms with van der Waals surface area (Å²) in [6.45, 7) is 3.40. The lowest BCUT2D eigenvalue weighted by Crippen LogP contribution is -2.35. The number of carbonyl (C=O) groups is 1. The predicted octanol–water partition coefficient (Wildman–Crippen LogP) is 5.71. The number of hydrogen-bond acceptors (Lipinski definition) is 9. The zero-order chi connectivity index (χ0) is 31.5. The van der Waals surface area contributed by atoms with Gasteiger partial charge in [0.15, 0.2) is 16.3 Å². The molecule has 0 bridgehead atoms. The van der Waals surface area contributed by atoms with Gasteiger partial charge in [-0.1, -0.05) is 70.9 Å². The summed E-state index contributed by atoms with van der Waals surface area (Å²) in [7, 11) is 1.41. The molecule has 0 fully saturated rings. The van der Waals surface area contributed by atoms with Crippen LogP contribution in [0.15, 0.2) is 76.0 Å². The molecule has 0 radical (unpaired) electrons. The van der Waals surface area contributed by atoms with Gasteiger partial charge in [0.1, 0.15) is 12.6 Å². The Morgan fingerprint density at radius 1 is 1.14 bits per heavy atom. The zero-order valence-electron chi connectivity index (χ0n) is 23.7. The molecule has 0 saturated carbocycles. The number of rotatable bonds is 9. The summed E-state index contributed by atoms with van der Waals surface area (Å²) in [6.07, 6.45) is 1.60. The Morgan fingerprint density at radius 2 is 1.89 bits per heavy atom. The lowest BCUT2D eigenvalue weighted by Gasteiger charge is -2.23. The number of esters is 1. The molecule has 2 heterocycles. The van der Waals surface area contributed by atoms with E-state index in [9.17, 15) is 19.7 Å². The Balaban J connectivity index is 1.69. The van der Waals surface area contributed by atoms with Crippen LogP contribution in [-0.4, -0.2) is 29.2 Å². The summed E-state index contributed by atoms with van der Waals surface area (Å²) in [4.78, 5) is 43.7. The Kier molecular flexibility index (Phi) is 9.19. The van der Waals surface area contributed by atoms with Crippen LogP contribution >= 0.6 is 34.5 Å². The van der Waals surface area contributed by atoms with Crippen LogP contribution in [0.3, 0.4) is 0 Å². The van der Waals surface area contributed by atoms with Crippen molar-refractivity contribution in [1.82, 2.24) is 4.57 Å². The van der Waals surface area contributed by atoms with Crippen molar-refractivity contribution in [1.29, 1.82) is 0 Å². The number of ether oxygens (including phenoxy) is 3. The zero-order valence-corrected chi connectivity index (χ0v) is 26.0. The number of halogens is 2. The van der Waals surface area contributed by atoms with Gasteiger partial charge in [-0.05, 0) is 49.2 Å². The van der Waals surface area contributed by atoms with Crippen LogP contribution in [0, 0.1) is 10.1 Å². The third-order valence-corrected chi connectivity index (χ3v) is 8.38. The predicted molar refractivity (Wildman–Crippen MR) is 168 cm³/mol. The van der Waals surface area contributed by atoms with Crippen LogP contribution in [0.2, 0.25) is 10.0 Å². The Hall–Kier alpha value is -4.45. The molecule has 1 atom stereocenters. The molecule has 4 aromatic rings. The highest BCUT2D eigenvalue weighted by Gasteiger charge is 2.36. The molecule has 1 aliphatic rings. The molecule has 5 rings (SSSR count). The number of hydrogen-bond donors (Lipinski definition) is 0. The molecular formula is C31H25Cl2N3O7S. The molecule has 226 valence electrons. The molecule has 13 heteroatoms. The number of thiazole rings is 1. The van der Waals surface area contributed by atoms with Gasteiger partial charge in [-0.15, -0.1) is 0 Å². The van der Waals surface area contributed by atoms with Crippen LogP contribution in [0.5, 0.6) is 11.5 Å². The molecule has 0 amide bonds. The minimum atomic E-state index is -1.18. The first-order chi connectivity index (χ1) is 21.1. The van der Waals surface area contributed by atoms with Gasteiger partial charge in [-0.3, -0.25) is 19.5 Å². The van der Waals surface area contributed by atoms with E-state index in [1.54, 1.807) is 38.1 Å². The second-order valence-corrected chi connectivity index (χ2v) is 11.4. The van der Waals surface area contributed by atoms with Crippen LogP contribution in [-0.2, 0) is 16.1 Å². The number of methoxy groups -OCH3 is 1. The molecule has 1 aliphatic heterocycles. The molecule has 0 spiro atoms. The van der Waals surface area contributed by atoms with Crippen LogP contribution in [0.1, 0.15) is 36.6 Å². The van der Waals surface area contributed by atoms with Gasteiger partial charge < -0.3 is 14.2 Å². The van der Waals surface area contributed by atoms with E-state index in [0.29, 0.717) is 15.6 Å². The highest BCUT2D eigenvalue weighted by molar-refractivity contribution is 7.07. The number of nitro benzene ring substituents is 1. The molecule has 1 aromatic heterocycles. The van der Waals surface area contributed by atoms with Crippen LogP contribution in [0.4, 0.5) is 5.69 Å². The average Bonchev–Trinajstić information content (AvgIpc) is 3.32. The number of carbonyl (C=O) groups excluding carboxylic acids is 1. The first-order valence-electron chi connectivity index (χ1n) is 13.3. The van der Waals surface area contributed by atoms with Gasteiger partial charge in [0, 0.05) is 15.7 Å². The monoisotopic (exact) mass is 653 g/mol. The Bertz CT molecular complexity index is 1990. The van der Waals surface area contributed by atoms with E-state index in [2.05, 4.69) is 0 Å². The fourth-order valence-corrected chi connectivity index (χ4v) is 6.25. The van der Waals surface area contributed by atoms with Crippen molar-refractivity contribution in [2.75, 3.05) is 13.7 Å². The lowest BCUT2D eigenvalue weighted by atomic mass is 9.94. The first-order valence-corrected chi connectivity index (χ1v) is 14.9. The number of benzene rings is 3. The van der Waals surface area contributed by atoms with Crippen LogP contribution < -0.4 is 24.4 Å². The number of allylic oxidation sites excluding steroid dienone is 1. The molecule has 0 unspecified atom stereocenters. The normalized spacial score (nSPS) is 14.6. The van der Waals surface area contributed by atoms with E-state index in [-0.39, 0.29) is 56.6 Å². The fourth-order valence-electron chi connectivity index (χ4n) is 4.75. The van der Waals surface area contributed by atoms with Gasteiger partial charge >= 0.3 is 5.97 Å². The molecular weight excluding hydrogens is 629 g/mol. The van der Waals surface area contributed by atoms with Crippen molar-refractivity contribution >= 4 is 58.0 Å². The summed E-state index contributed by atoms with van der Waals surface area (Å²) in [5.41, 5.74) is 0.924. The second-order valence-electron chi connectivity index (χ2n) is 9.54. The third kappa shape index (κ3) is 6.12. The summed E-state index contributed by atoms with van der Waals surface area (Å²) < 4.78 is 18.4. The van der Waals surface area contributed by atoms with E-state index < -0.39 is 22.5 Å². The smallest absolute Gasteiger partial charge is 0.338 e. The van der Waals surface area contributed by atoms with E-state index in [1.165, 1.54) is 23.8 Å². The van der Waals surface area contributed by atoms with Gasteiger partial charge in [0.2, 0.25) is 0 Å². The van der Waals surface area contributed by atoms with Gasteiger partial charge in [-0.25, -0.2) is 9.79 Å². The van der Waals surface area contributed by atoms with Crippen molar-refractivity contribution in [3.63, 3.8) is 0 Å². The van der Waals surface area contributed by atoms with Crippen molar-refractivity contribution in [3.05, 3.63) is 123 Å². The quantitative estimate of drug-likeness (QED) is 0.129. The number of nitrogens with zero attached hydrogens (tertiary/aromatic N) is 3. The fraction of sp³-hybridized carbons (Fsp3) is 0.194. The van der Waals surface area contributed by atoms with Crippen molar-refractivity contribution in [2.24, 2.45) is 4.99 Å². The molecule has 0 aliphatic carbocycles. The van der Waals surface area contributed by atoms with E-state index >= 15 is 0 Å². The Morgan fingerprint density at radius 3 is 2.55 bits per heavy atom. The minimum Gasteiger partial charge on any atom is -0.493 e. The summed E-state index contributed by atoms with van der Waals surface area (Å²) in [5.74, 6) is -0.407. The van der Waals surface area contributed by atoms with Crippen molar-refractivity contribution in [2.45, 2.75) is 26.5 Å². The van der Waals surface area contributed by atoms with Gasteiger partial charge in [0.25, 0.3) is 11.2 Å². The second kappa shape index (κ2) is 13.0. The summed E-state index contributed by atoms with van der Waals surface area (Å²) in [5, 5.41) is 13.2. The van der Waals surface area contributed by atoms with Crippen LogP contribution in [0.25, 0.3) is 11.8 Å². The highest BCUT2D eigenvalue weighted by Crippen LogP contribution is 2.43. The number of nitro groups is 1. The minimum absolute atomic E-state index is 0.0153. The maximum Gasteiger partial charge on any atom is 0.338 e. The molecule has 0 saturated heterocycles. The molecule has 10 nitrogen and oxygen atoms in total. The number of fused-ring (bicyclic) bond motifs is 1. The van der Waals surface area contributed by atoms with Crippen molar-refractivity contribution in [3.8, 4) is 11.5 Å². The van der Waals surface area contributed by atoms with Gasteiger partial charge in [-0.2, -0.15) is 0 Å². The molecule has 44 heavy (non-hydrogen) atoms. The summed E-state index contributed by atoms with van der Waals surface area (Å²) >= 11 is 13.4. The maximum absolute atomic E-state index is 13.6. The molecule has 3 aromatic carbocycles. The number of aromatic nitrogens is 1. The van der Waals surface area contributed by atoms with Crippen molar-refractivity contribution < 1.29 is 23.9 Å². The first kappa shape index (κ1) is 31.0. The van der Waals surface area contributed by atoms with E-state index in [1.807, 2.05) is 30.3 Å².